The molecule has 22 heavy (non-hydrogen) atoms. The van der Waals surface area contributed by atoms with Crippen LogP contribution in [0.25, 0.3) is 0 Å². The second-order valence-electron chi connectivity index (χ2n) is 6.35. The number of thioether (sulfide) groups is 1. The minimum absolute atomic E-state index is 0.190. The molecule has 5 nitrogen and oxygen atoms in total. The van der Waals surface area contributed by atoms with Crippen LogP contribution >= 0.6 is 11.8 Å². The molecule has 0 unspecified atom stereocenters. The summed E-state index contributed by atoms with van der Waals surface area (Å²) in [5, 5.41) is 8.99. The lowest BCUT2D eigenvalue weighted by molar-refractivity contribution is 0.102. The van der Waals surface area contributed by atoms with Crippen LogP contribution in [0.15, 0.2) is 17.6 Å². The minimum atomic E-state index is 0.190. The Labute approximate surface area is 134 Å². The molecule has 0 amide bonds. The van der Waals surface area contributed by atoms with Gasteiger partial charge in [-0.05, 0) is 45.6 Å². The van der Waals surface area contributed by atoms with E-state index in [-0.39, 0.29) is 5.78 Å². The van der Waals surface area contributed by atoms with E-state index in [4.69, 9.17) is 0 Å². The SMILES string of the molecule is Cc1cc(C(=O)CSc2nncn2C2CC2)c(C)n1C1CC1. The van der Waals surface area contributed by atoms with Gasteiger partial charge in [-0.25, -0.2) is 0 Å². The Kier molecular flexibility index (Phi) is 3.36. The van der Waals surface area contributed by atoms with Crippen molar-refractivity contribution in [1.29, 1.82) is 0 Å². The van der Waals surface area contributed by atoms with Crippen LogP contribution in [0, 0.1) is 13.8 Å². The largest absolute Gasteiger partial charge is 0.345 e. The molecule has 6 heteroatoms. The summed E-state index contributed by atoms with van der Waals surface area (Å²) >= 11 is 1.50. The van der Waals surface area contributed by atoms with Gasteiger partial charge in [-0.15, -0.1) is 10.2 Å². The van der Waals surface area contributed by atoms with Gasteiger partial charge in [0, 0.05) is 29.0 Å². The second-order valence-corrected chi connectivity index (χ2v) is 7.29. The van der Waals surface area contributed by atoms with E-state index < -0.39 is 0 Å². The van der Waals surface area contributed by atoms with E-state index in [1.165, 1.54) is 43.1 Å². The van der Waals surface area contributed by atoms with Gasteiger partial charge in [-0.3, -0.25) is 4.79 Å². The molecule has 2 fully saturated rings. The summed E-state index contributed by atoms with van der Waals surface area (Å²) in [6, 6.07) is 3.21. The molecule has 0 N–H and O–H groups in total. The zero-order valence-electron chi connectivity index (χ0n) is 13.0. The van der Waals surface area contributed by atoms with Crippen molar-refractivity contribution in [2.45, 2.75) is 56.8 Å². The first-order valence-corrected chi connectivity index (χ1v) is 8.87. The minimum Gasteiger partial charge on any atom is -0.345 e. The van der Waals surface area contributed by atoms with Gasteiger partial charge in [-0.2, -0.15) is 0 Å². The van der Waals surface area contributed by atoms with Gasteiger partial charge >= 0.3 is 0 Å². The van der Waals surface area contributed by atoms with E-state index >= 15 is 0 Å². The molecule has 2 saturated carbocycles. The molecule has 116 valence electrons. The predicted octanol–water partition coefficient (Wildman–Crippen LogP) is 3.34. The monoisotopic (exact) mass is 316 g/mol. The first-order chi connectivity index (χ1) is 10.6. The Balaban J connectivity index is 1.48. The van der Waals surface area contributed by atoms with E-state index in [9.17, 15) is 4.79 Å². The van der Waals surface area contributed by atoms with Crippen molar-refractivity contribution in [3.8, 4) is 0 Å². The van der Waals surface area contributed by atoms with Crippen molar-refractivity contribution in [3.05, 3.63) is 29.3 Å². The number of aryl methyl sites for hydroxylation is 1. The van der Waals surface area contributed by atoms with Crippen molar-refractivity contribution >= 4 is 17.5 Å². The average molecular weight is 316 g/mol. The molecule has 2 aromatic rings. The van der Waals surface area contributed by atoms with E-state index in [0.717, 1.165) is 16.4 Å². The van der Waals surface area contributed by atoms with Gasteiger partial charge in [-0.1, -0.05) is 11.8 Å². The molecule has 2 heterocycles. The number of hydrogen-bond donors (Lipinski definition) is 0. The van der Waals surface area contributed by atoms with Crippen molar-refractivity contribution in [2.24, 2.45) is 0 Å². The summed E-state index contributed by atoms with van der Waals surface area (Å²) in [6.45, 7) is 4.16. The molecule has 2 aromatic heterocycles. The summed E-state index contributed by atoms with van der Waals surface area (Å²) in [7, 11) is 0. The molecular formula is C16H20N4OS. The van der Waals surface area contributed by atoms with Crippen LogP contribution < -0.4 is 0 Å². The number of rotatable bonds is 6. The van der Waals surface area contributed by atoms with Gasteiger partial charge in [0.05, 0.1) is 5.75 Å². The second kappa shape index (κ2) is 5.26. The highest BCUT2D eigenvalue weighted by Gasteiger charge is 2.29. The topological polar surface area (TPSA) is 52.7 Å². The smallest absolute Gasteiger partial charge is 0.191 e. The quantitative estimate of drug-likeness (QED) is 0.606. The maximum Gasteiger partial charge on any atom is 0.191 e. The third-order valence-corrected chi connectivity index (χ3v) is 5.47. The van der Waals surface area contributed by atoms with Crippen LogP contribution in [-0.2, 0) is 0 Å². The molecule has 2 aliphatic carbocycles. The highest BCUT2D eigenvalue weighted by molar-refractivity contribution is 7.99. The lowest BCUT2D eigenvalue weighted by Gasteiger charge is -2.07. The molecule has 0 aliphatic heterocycles. The van der Waals surface area contributed by atoms with Crippen LogP contribution in [0.1, 0.15) is 59.5 Å². The van der Waals surface area contributed by atoms with Gasteiger partial charge in [0.15, 0.2) is 10.9 Å². The Morgan fingerprint density at radius 1 is 1.27 bits per heavy atom. The third-order valence-electron chi connectivity index (χ3n) is 4.51. The molecule has 0 atom stereocenters. The molecule has 0 spiro atoms. The zero-order valence-corrected chi connectivity index (χ0v) is 13.8. The number of carbonyl (C=O) groups is 1. The number of Topliss-reactive ketones (excluding diaryl/α,β-unsaturated/α-hetero) is 1. The summed E-state index contributed by atoms with van der Waals surface area (Å²) in [5.74, 6) is 0.621. The van der Waals surface area contributed by atoms with Crippen LogP contribution in [0.2, 0.25) is 0 Å². The Bertz CT molecular complexity index is 725. The van der Waals surface area contributed by atoms with Crippen molar-refractivity contribution < 1.29 is 4.79 Å². The van der Waals surface area contributed by atoms with Gasteiger partial charge < -0.3 is 9.13 Å². The van der Waals surface area contributed by atoms with Crippen LogP contribution in [0.5, 0.6) is 0 Å². The van der Waals surface area contributed by atoms with Crippen molar-refractivity contribution in [1.82, 2.24) is 19.3 Å². The van der Waals surface area contributed by atoms with Crippen molar-refractivity contribution in [2.75, 3.05) is 5.75 Å². The molecule has 0 saturated heterocycles. The van der Waals surface area contributed by atoms with Gasteiger partial charge in [0.2, 0.25) is 0 Å². The molecule has 2 aliphatic rings. The summed E-state index contributed by atoms with van der Waals surface area (Å²) < 4.78 is 4.43. The number of carbonyl (C=O) groups excluding carboxylic acids is 1. The normalized spacial score (nSPS) is 17.9. The average Bonchev–Trinajstić information content (AvgIpc) is 3.42. The molecular weight excluding hydrogens is 296 g/mol. The zero-order chi connectivity index (χ0) is 15.3. The first-order valence-electron chi connectivity index (χ1n) is 7.89. The fourth-order valence-corrected chi connectivity index (χ4v) is 3.97. The van der Waals surface area contributed by atoms with E-state index in [1.807, 2.05) is 6.07 Å². The Morgan fingerprint density at radius 3 is 2.68 bits per heavy atom. The van der Waals surface area contributed by atoms with Crippen molar-refractivity contribution in [3.63, 3.8) is 0 Å². The summed E-state index contributed by atoms with van der Waals surface area (Å²) in [5.41, 5.74) is 3.19. The molecule has 4 rings (SSSR count). The number of hydrogen-bond acceptors (Lipinski definition) is 4. The third kappa shape index (κ3) is 2.49. The van der Waals surface area contributed by atoms with Crippen LogP contribution in [-0.4, -0.2) is 30.9 Å². The molecule has 0 bridgehead atoms. The van der Waals surface area contributed by atoms with E-state index in [1.54, 1.807) is 6.33 Å². The fraction of sp³-hybridized carbons (Fsp3) is 0.562. The van der Waals surface area contributed by atoms with Gasteiger partial charge in [0.25, 0.3) is 0 Å². The van der Waals surface area contributed by atoms with Crippen LogP contribution in [0.3, 0.4) is 0 Å². The predicted molar refractivity (Wildman–Crippen MR) is 85.5 cm³/mol. The van der Waals surface area contributed by atoms with Gasteiger partial charge in [0.1, 0.15) is 6.33 Å². The summed E-state index contributed by atoms with van der Waals surface area (Å²) in [4.78, 5) is 12.6. The van der Waals surface area contributed by atoms with Crippen LogP contribution in [0.4, 0.5) is 0 Å². The van der Waals surface area contributed by atoms with E-state index in [0.29, 0.717) is 17.8 Å². The Hall–Kier alpha value is -1.56. The summed E-state index contributed by atoms with van der Waals surface area (Å²) in [6.07, 6.45) is 6.65. The fourth-order valence-electron chi connectivity index (χ4n) is 3.10. The highest BCUT2D eigenvalue weighted by atomic mass is 32.2. The number of aromatic nitrogens is 4. The lowest BCUT2D eigenvalue weighted by Crippen LogP contribution is -2.06. The van der Waals surface area contributed by atoms with E-state index in [2.05, 4.69) is 33.2 Å². The maximum atomic E-state index is 12.6. The Morgan fingerprint density at radius 2 is 2.00 bits per heavy atom. The molecule has 0 aromatic carbocycles. The lowest BCUT2D eigenvalue weighted by atomic mass is 10.2. The maximum absolute atomic E-state index is 12.6. The number of ketones is 1. The first kappa shape index (κ1) is 14.1. The standard InChI is InChI=1S/C16H20N4OS/c1-10-7-14(11(2)20(10)13-5-6-13)15(21)8-22-16-18-17-9-19(16)12-3-4-12/h7,9,12-13H,3-6,8H2,1-2H3. The highest BCUT2D eigenvalue weighted by Crippen LogP contribution is 2.39. The number of nitrogens with zero attached hydrogens (tertiary/aromatic N) is 4. The molecule has 0 radical (unpaired) electrons.